The highest BCUT2D eigenvalue weighted by Crippen LogP contribution is 2.35. The van der Waals surface area contributed by atoms with E-state index >= 15 is 0 Å². The number of aromatic nitrogens is 1. The van der Waals surface area contributed by atoms with Gasteiger partial charge in [0.1, 0.15) is 11.7 Å². The first kappa shape index (κ1) is 16.0. The van der Waals surface area contributed by atoms with Gasteiger partial charge in [-0.2, -0.15) is 13.2 Å². The van der Waals surface area contributed by atoms with Gasteiger partial charge in [-0.05, 0) is 31.4 Å². The summed E-state index contributed by atoms with van der Waals surface area (Å²) in [5.41, 5.74) is -0.700. The normalized spacial score (nSPS) is 22.3. The van der Waals surface area contributed by atoms with Crippen LogP contribution in [-0.2, 0) is 15.7 Å². The molecular formula is C13H14ClF3N2O2. The highest BCUT2D eigenvalue weighted by Gasteiger charge is 2.36. The van der Waals surface area contributed by atoms with Crippen LogP contribution in [0.5, 0.6) is 0 Å². The number of nitrogens with zero attached hydrogens (tertiary/aromatic N) is 1. The van der Waals surface area contributed by atoms with Gasteiger partial charge in [0.2, 0.25) is 0 Å². The minimum absolute atomic E-state index is 0.144. The Hall–Kier alpha value is -1.34. The molecule has 1 fully saturated rings. The van der Waals surface area contributed by atoms with Crippen molar-refractivity contribution in [1.82, 2.24) is 10.3 Å². The number of rotatable bonds is 3. The molecule has 0 spiro atoms. The zero-order valence-corrected chi connectivity index (χ0v) is 12.0. The average molecular weight is 323 g/mol. The van der Waals surface area contributed by atoms with E-state index in [-0.39, 0.29) is 11.6 Å². The predicted molar refractivity (Wildman–Crippen MR) is 69.8 cm³/mol. The highest BCUT2D eigenvalue weighted by molar-refractivity contribution is 6.31. The summed E-state index contributed by atoms with van der Waals surface area (Å²) in [5.74, 6) is -0.402. The Morgan fingerprint density at radius 3 is 2.86 bits per heavy atom. The summed E-state index contributed by atoms with van der Waals surface area (Å²) >= 11 is 5.93. The first-order chi connectivity index (χ1) is 9.82. The lowest BCUT2D eigenvalue weighted by molar-refractivity contribution is -0.145. The number of hydrogen-bond donors (Lipinski definition) is 1. The van der Waals surface area contributed by atoms with Crippen LogP contribution in [0.4, 0.5) is 13.2 Å². The van der Waals surface area contributed by atoms with Crippen molar-refractivity contribution in [2.45, 2.75) is 38.0 Å². The Morgan fingerprint density at radius 1 is 1.52 bits per heavy atom. The van der Waals surface area contributed by atoms with Crippen molar-refractivity contribution in [2.75, 3.05) is 6.61 Å². The van der Waals surface area contributed by atoms with E-state index in [9.17, 15) is 18.0 Å². The molecule has 2 rings (SSSR count). The van der Waals surface area contributed by atoms with Gasteiger partial charge in [0.05, 0.1) is 11.6 Å². The maximum atomic E-state index is 12.7. The summed E-state index contributed by atoms with van der Waals surface area (Å²) < 4.78 is 43.0. The van der Waals surface area contributed by atoms with Gasteiger partial charge in [0.15, 0.2) is 0 Å². The van der Waals surface area contributed by atoms with Crippen molar-refractivity contribution in [3.63, 3.8) is 0 Å². The van der Waals surface area contributed by atoms with Gasteiger partial charge in [-0.3, -0.25) is 15.1 Å². The van der Waals surface area contributed by atoms with E-state index in [1.807, 2.05) is 0 Å². The lowest BCUT2D eigenvalue weighted by atomic mass is 10.1. The average Bonchev–Trinajstić information content (AvgIpc) is 2.87. The number of pyridine rings is 1. The standard InChI is InChI=1S/C13H14ClF3N2O2/c1-2-21-12(20)10-4-3-9(19-10)7-5-11(13(15,16)17)18-6-8(7)14/h5-6,9-10,19H,2-4H2,1H3. The van der Waals surface area contributed by atoms with Crippen LogP contribution in [0.3, 0.4) is 0 Å². The fourth-order valence-electron chi connectivity index (χ4n) is 2.29. The molecule has 116 valence electrons. The molecule has 1 aliphatic rings. The van der Waals surface area contributed by atoms with Gasteiger partial charge in [0.25, 0.3) is 0 Å². The fraction of sp³-hybridized carbons (Fsp3) is 0.538. The number of nitrogens with one attached hydrogen (secondary N) is 1. The van der Waals surface area contributed by atoms with Crippen LogP contribution in [0.25, 0.3) is 0 Å². The Kier molecular flexibility index (Phi) is 4.73. The number of halogens is 4. The Labute approximate surface area is 124 Å². The van der Waals surface area contributed by atoms with Gasteiger partial charge in [-0.15, -0.1) is 0 Å². The van der Waals surface area contributed by atoms with Crippen LogP contribution in [-0.4, -0.2) is 23.6 Å². The summed E-state index contributed by atoms with van der Waals surface area (Å²) in [6, 6.07) is -0.0161. The molecule has 0 saturated carbocycles. The Balaban J connectivity index is 2.18. The molecule has 1 aromatic heterocycles. The highest BCUT2D eigenvalue weighted by atomic mass is 35.5. The van der Waals surface area contributed by atoms with E-state index in [0.717, 1.165) is 12.3 Å². The molecular weight excluding hydrogens is 309 g/mol. The molecule has 1 N–H and O–H groups in total. The van der Waals surface area contributed by atoms with Crippen LogP contribution in [0.2, 0.25) is 5.02 Å². The molecule has 21 heavy (non-hydrogen) atoms. The predicted octanol–water partition coefficient (Wildman–Crippen LogP) is 3.11. The van der Waals surface area contributed by atoms with Gasteiger partial charge < -0.3 is 4.74 Å². The second kappa shape index (κ2) is 6.19. The van der Waals surface area contributed by atoms with E-state index < -0.39 is 29.9 Å². The van der Waals surface area contributed by atoms with Crippen molar-refractivity contribution in [3.05, 3.63) is 28.5 Å². The molecule has 0 aliphatic carbocycles. The quantitative estimate of drug-likeness (QED) is 0.869. The minimum atomic E-state index is -4.53. The monoisotopic (exact) mass is 322 g/mol. The summed E-state index contributed by atoms with van der Waals surface area (Å²) in [6.45, 7) is 1.95. The third-order valence-corrected chi connectivity index (χ3v) is 3.58. The largest absolute Gasteiger partial charge is 0.465 e. The lowest BCUT2D eigenvalue weighted by Crippen LogP contribution is -2.33. The van der Waals surface area contributed by atoms with Gasteiger partial charge in [-0.25, -0.2) is 0 Å². The molecule has 0 amide bonds. The van der Waals surface area contributed by atoms with Crippen LogP contribution in [0.1, 0.15) is 37.1 Å². The van der Waals surface area contributed by atoms with E-state index in [0.29, 0.717) is 18.4 Å². The summed E-state index contributed by atoms with van der Waals surface area (Å²) in [5, 5.41) is 3.10. The number of hydrogen-bond acceptors (Lipinski definition) is 4. The Morgan fingerprint density at radius 2 is 2.24 bits per heavy atom. The number of ether oxygens (including phenoxy) is 1. The third kappa shape index (κ3) is 3.65. The van der Waals surface area contributed by atoms with E-state index in [1.54, 1.807) is 6.92 Å². The number of carbonyl (C=O) groups excluding carboxylic acids is 1. The topological polar surface area (TPSA) is 51.2 Å². The molecule has 2 heterocycles. The molecule has 0 radical (unpaired) electrons. The summed E-state index contributed by atoms with van der Waals surface area (Å²) in [6.07, 6.45) is -2.55. The maximum absolute atomic E-state index is 12.7. The van der Waals surface area contributed by atoms with Crippen molar-refractivity contribution >= 4 is 17.6 Å². The zero-order valence-electron chi connectivity index (χ0n) is 11.2. The van der Waals surface area contributed by atoms with Crippen molar-refractivity contribution in [2.24, 2.45) is 0 Å². The van der Waals surface area contributed by atoms with Crippen molar-refractivity contribution < 1.29 is 22.7 Å². The first-order valence-electron chi connectivity index (χ1n) is 6.48. The second-order valence-electron chi connectivity index (χ2n) is 4.69. The lowest BCUT2D eigenvalue weighted by Gasteiger charge is -2.16. The smallest absolute Gasteiger partial charge is 0.433 e. The summed E-state index contributed by atoms with van der Waals surface area (Å²) in [7, 11) is 0. The molecule has 8 heteroatoms. The molecule has 0 aromatic carbocycles. The molecule has 1 aromatic rings. The van der Waals surface area contributed by atoms with Crippen LogP contribution < -0.4 is 5.32 Å². The van der Waals surface area contributed by atoms with Crippen LogP contribution in [0, 0.1) is 0 Å². The van der Waals surface area contributed by atoms with Gasteiger partial charge >= 0.3 is 12.1 Å². The van der Waals surface area contributed by atoms with Crippen LogP contribution >= 0.6 is 11.6 Å². The van der Waals surface area contributed by atoms with Crippen molar-refractivity contribution in [3.8, 4) is 0 Å². The second-order valence-corrected chi connectivity index (χ2v) is 5.10. The number of esters is 1. The molecule has 1 saturated heterocycles. The number of carbonyl (C=O) groups is 1. The molecule has 2 atom stereocenters. The van der Waals surface area contributed by atoms with Crippen molar-refractivity contribution in [1.29, 1.82) is 0 Å². The maximum Gasteiger partial charge on any atom is 0.433 e. The molecule has 1 aliphatic heterocycles. The minimum Gasteiger partial charge on any atom is -0.465 e. The molecule has 4 nitrogen and oxygen atoms in total. The van der Waals surface area contributed by atoms with E-state index in [2.05, 4.69) is 10.3 Å². The fourth-order valence-corrected chi connectivity index (χ4v) is 2.53. The zero-order chi connectivity index (χ0) is 15.6. The van der Waals surface area contributed by atoms with Gasteiger partial charge in [-0.1, -0.05) is 11.6 Å². The SMILES string of the molecule is CCOC(=O)C1CCC(c2cc(C(F)(F)F)ncc2Cl)N1. The molecule has 0 bridgehead atoms. The summed E-state index contributed by atoms with van der Waals surface area (Å²) in [4.78, 5) is 14.9. The van der Waals surface area contributed by atoms with Crippen LogP contribution in [0.15, 0.2) is 12.3 Å². The van der Waals surface area contributed by atoms with E-state index in [4.69, 9.17) is 16.3 Å². The van der Waals surface area contributed by atoms with E-state index in [1.165, 1.54) is 0 Å². The first-order valence-corrected chi connectivity index (χ1v) is 6.86. The third-order valence-electron chi connectivity index (χ3n) is 3.27. The molecule has 2 unspecified atom stereocenters. The number of alkyl halides is 3. The van der Waals surface area contributed by atoms with Gasteiger partial charge in [0, 0.05) is 12.2 Å². The Bertz CT molecular complexity index is 537.